The van der Waals surface area contributed by atoms with E-state index in [2.05, 4.69) is 40.9 Å². The van der Waals surface area contributed by atoms with E-state index >= 15 is 0 Å². The van der Waals surface area contributed by atoms with E-state index in [1.165, 1.54) is 29.1 Å². The molecule has 0 saturated carbocycles. The monoisotopic (exact) mass is 310 g/mol. The van der Waals surface area contributed by atoms with Gasteiger partial charge in [0.15, 0.2) is 0 Å². The Morgan fingerprint density at radius 3 is 3.17 bits per heavy atom. The number of hydrogen-bond acceptors (Lipinski definition) is 3. The number of carbonyl (C=O) groups is 1. The van der Waals surface area contributed by atoms with Gasteiger partial charge in [-0.05, 0) is 30.0 Å². The zero-order valence-electron chi connectivity index (χ0n) is 13.4. The Kier molecular flexibility index (Phi) is 3.49. The van der Waals surface area contributed by atoms with E-state index in [-0.39, 0.29) is 11.9 Å². The normalized spacial score (nSPS) is 26.7. The van der Waals surface area contributed by atoms with Gasteiger partial charge in [0.2, 0.25) is 0 Å². The lowest BCUT2D eigenvalue weighted by atomic mass is 9.72. The molecule has 0 spiro atoms. The summed E-state index contributed by atoms with van der Waals surface area (Å²) in [6, 6.07) is 6.90. The summed E-state index contributed by atoms with van der Waals surface area (Å²) in [5.74, 6) is 0.223. The van der Waals surface area contributed by atoms with Crippen molar-refractivity contribution in [3.05, 3.63) is 48.2 Å². The number of nitrogens with zero attached hydrogens (tertiary/aromatic N) is 1. The van der Waals surface area contributed by atoms with E-state index in [1.54, 1.807) is 0 Å². The van der Waals surface area contributed by atoms with Crippen LogP contribution in [0.5, 0.6) is 0 Å². The molecule has 1 aromatic carbocycles. The molecule has 4 heteroatoms. The number of hydrogen-bond donors (Lipinski definition) is 1. The summed E-state index contributed by atoms with van der Waals surface area (Å²) in [5, 5.41) is 1.36. The minimum absolute atomic E-state index is 0.0584. The number of methoxy groups -OCH3 is 1. The average Bonchev–Trinajstić information content (AvgIpc) is 2.99. The van der Waals surface area contributed by atoms with E-state index in [4.69, 9.17) is 4.74 Å². The maximum Gasteiger partial charge on any atom is 0.309 e. The molecule has 120 valence electrons. The van der Waals surface area contributed by atoms with Crippen molar-refractivity contribution in [3.63, 3.8) is 0 Å². The van der Waals surface area contributed by atoms with Crippen LogP contribution in [-0.4, -0.2) is 42.1 Å². The van der Waals surface area contributed by atoms with Crippen molar-refractivity contribution in [1.29, 1.82) is 0 Å². The SMILES string of the molecule is C=CCN1C[C@@H](C(=O)OC)C[C@@H]2c3cccc4[nH]cc(c34)C[C@H]21. The van der Waals surface area contributed by atoms with Crippen molar-refractivity contribution in [2.24, 2.45) is 5.92 Å². The van der Waals surface area contributed by atoms with Crippen LogP contribution in [0.4, 0.5) is 0 Å². The van der Waals surface area contributed by atoms with Crippen LogP contribution < -0.4 is 0 Å². The fraction of sp³-hybridized carbons (Fsp3) is 0.421. The molecule has 1 N–H and O–H groups in total. The number of aromatic amines is 1. The molecule has 1 fully saturated rings. The lowest BCUT2D eigenvalue weighted by molar-refractivity contribution is -0.148. The van der Waals surface area contributed by atoms with Gasteiger partial charge in [-0.2, -0.15) is 0 Å². The maximum absolute atomic E-state index is 12.1. The maximum atomic E-state index is 12.1. The smallest absolute Gasteiger partial charge is 0.309 e. The van der Waals surface area contributed by atoms with Crippen molar-refractivity contribution < 1.29 is 9.53 Å². The first-order valence-corrected chi connectivity index (χ1v) is 8.24. The van der Waals surface area contributed by atoms with Crippen molar-refractivity contribution in [1.82, 2.24) is 9.88 Å². The summed E-state index contributed by atoms with van der Waals surface area (Å²) in [6.07, 6.45) is 5.98. The van der Waals surface area contributed by atoms with Gasteiger partial charge in [0.25, 0.3) is 0 Å². The number of esters is 1. The van der Waals surface area contributed by atoms with Crippen LogP contribution in [-0.2, 0) is 16.0 Å². The van der Waals surface area contributed by atoms with Crippen LogP contribution in [0, 0.1) is 5.92 Å². The van der Waals surface area contributed by atoms with Crippen LogP contribution in [0.2, 0.25) is 0 Å². The van der Waals surface area contributed by atoms with Gasteiger partial charge in [0.05, 0.1) is 13.0 Å². The Morgan fingerprint density at radius 2 is 2.39 bits per heavy atom. The van der Waals surface area contributed by atoms with Crippen LogP contribution >= 0.6 is 0 Å². The Morgan fingerprint density at radius 1 is 1.52 bits per heavy atom. The van der Waals surface area contributed by atoms with Crippen molar-refractivity contribution >= 4 is 16.9 Å². The highest BCUT2D eigenvalue weighted by Gasteiger charge is 2.42. The molecule has 1 saturated heterocycles. The van der Waals surface area contributed by atoms with Crippen LogP contribution in [0.15, 0.2) is 37.1 Å². The first-order valence-electron chi connectivity index (χ1n) is 8.24. The molecule has 2 aliphatic rings. The number of carbonyl (C=O) groups excluding carboxylic acids is 1. The lowest BCUT2D eigenvalue weighted by Crippen LogP contribution is -2.51. The molecule has 23 heavy (non-hydrogen) atoms. The highest BCUT2D eigenvalue weighted by atomic mass is 16.5. The van der Waals surface area contributed by atoms with Crippen LogP contribution in [0.3, 0.4) is 0 Å². The predicted molar refractivity (Wildman–Crippen MR) is 90.4 cm³/mol. The van der Waals surface area contributed by atoms with Gasteiger partial charge in [-0.3, -0.25) is 9.69 Å². The molecule has 1 aliphatic carbocycles. The van der Waals surface area contributed by atoms with Gasteiger partial charge >= 0.3 is 5.97 Å². The van der Waals surface area contributed by atoms with Crippen LogP contribution in [0.25, 0.3) is 10.9 Å². The van der Waals surface area contributed by atoms with E-state index in [1.807, 2.05) is 6.08 Å². The molecular weight excluding hydrogens is 288 g/mol. The standard InChI is InChI=1S/C19H22N2O2/c1-3-7-21-11-13(19(22)23-2)8-15-14-5-4-6-16-18(14)12(10-20-16)9-17(15)21/h3-6,10,13,15,17,20H,1,7-9,11H2,2H3/t13-,15+,17+/m0/s1. The van der Waals surface area contributed by atoms with Crippen molar-refractivity contribution in [3.8, 4) is 0 Å². The van der Waals surface area contributed by atoms with E-state index in [9.17, 15) is 4.79 Å². The summed E-state index contributed by atoms with van der Waals surface area (Å²) in [4.78, 5) is 17.9. The number of aromatic nitrogens is 1. The number of benzene rings is 1. The Bertz CT molecular complexity index is 764. The molecule has 4 nitrogen and oxygen atoms in total. The van der Waals surface area contributed by atoms with Gasteiger partial charge in [-0.1, -0.05) is 18.2 Å². The Hall–Kier alpha value is -2.07. The molecule has 2 heterocycles. The summed E-state index contributed by atoms with van der Waals surface area (Å²) in [5.41, 5.74) is 3.96. The average molecular weight is 310 g/mol. The fourth-order valence-electron chi connectivity index (χ4n) is 4.51. The molecule has 3 atom stereocenters. The lowest BCUT2D eigenvalue weighted by Gasteiger charge is -2.46. The molecule has 1 aromatic heterocycles. The van der Waals surface area contributed by atoms with Crippen molar-refractivity contribution in [2.45, 2.75) is 24.8 Å². The van der Waals surface area contributed by atoms with Gasteiger partial charge in [0, 0.05) is 42.1 Å². The second kappa shape index (κ2) is 5.53. The molecule has 0 radical (unpaired) electrons. The zero-order valence-corrected chi connectivity index (χ0v) is 13.4. The predicted octanol–water partition coefficient (Wildman–Crippen LogP) is 2.86. The molecule has 0 unspecified atom stereocenters. The quantitative estimate of drug-likeness (QED) is 0.700. The topological polar surface area (TPSA) is 45.3 Å². The second-order valence-electron chi connectivity index (χ2n) is 6.66. The number of piperidine rings is 1. The summed E-state index contributed by atoms with van der Waals surface area (Å²) in [7, 11) is 1.48. The first kappa shape index (κ1) is 14.5. The van der Waals surface area contributed by atoms with Gasteiger partial charge in [-0.15, -0.1) is 6.58 Å². The number of nitrogens with one attached hydrogen (secondary N) is 1. The Balaban J connectivity index is 1.79. The molecule has 2 aromatic rings. The number of H-pyrrole nitrogens is 1. The molecule has 4 rings (SSSR count). The van der Waals surface area contributed by atoms with E-state index in [0.717, 1.165) is 25.9 Å². The largest absolute Gasteiger partial charge is 0.469 e. The zero-order chi connectivity index (χ0) is 16.0. The molecule has 0 bridgehead atoms. The third kappa shape index (κ3) is 2.20. The van der Waals surface area contributed by atoms with E-state index in [0.29, 0.717) is 12.0 Å². The highest BCUT2D eigenvalue weighted by Crippen LogP contribution is 2.44. The number of fused-ring (bicyclic) bond motifs is 2. The van der Waals surface area contributed by atoms with Gasteiger partial charge < -0.3 is 9.72 Å². The minimum Gasteiger partial charge on any atom is -0.469 e. The third-order valence-electron chi connectivity index (χ3n) is 5.47. The fourth-order valence-corrected chi connectivity index (χ4v) is 4.51. The molecule has 0 amide bonds. The molecule has 1 aliphatic heterocycles. The number of likely N-dealkylation sites (tertiary alicyclic amines) is 1. The first-order chi connectivity index (χ1) is 11.2. The Labute approximate surface area is 136 Å². The van der Waals surface area contributed by atoms with Crippen LogP contribution in [0.1, 0.15) is 23.5 Å². The summed E-state index contributed by atoms with van der Waals surface area (Å²) < 4.78 is 5.03. The molecular formula is C19H22N2O2. The third-order valence-corrected chi connectivity index (χ3v) is 5.47. The van der Waals surface area contributed by atoms with Gasteiger partial charge in [-0.25, -0.2) is 0 Å². The second-order valence-corrected chi connectivity index (χ2v) is 6.66. The summed E-state index contributed by atoms with van der Waals surface area (Å²) >= 11 is 0. The minimum atomic E-state index is -0.0930. The summed E-state index contributed by atoms with van der Waals surface area (Å²) in [6.45, 7) is 5.46. The van der Waals surface area contributed by atoms with E-state index < -0.39 is 0 Å². The highest BCUT2D eigenvalue weighted by molar-refractivity contribution is 5.88. The number of ether oxygens (including phenoxy) is 1. The van der Waals surface area contributed by atoms with Gasteiger partial charge in [0.1, 0.15) is 0 Å². The number of rotatable bonds is 3. The van der Waals surface area contributed by atoms with Crippen molar-refractivity contribution in [2.75, 3.05) is 20.2 Å².